The van der Waals surface area contributed by atoms with Gasteiger partial charge in [-0.3, -0.25) is 0 Å². The molecule has 0 aliphatic heterocycles. The average molecular weight is 683 g/mol. The van der Waals surface area contributed by atoms with E-state index in [4.69, 9.17) is 0 Å². The Hall–Kier alpha value is -6.71. The Bertz CT molecular complexity index is 2730. The van der Waals surface area contributed by atoms with Crippen molar-refractivity contribution in [2.45, 2.75) is 12.3 Å². The van der Waals surface area contributed by atoms with Gasteiger partial charge < -0.3 is 9.47 Å². The van der Waals surface area contributed by atoms with Gasteiger partial charge in [-0.05, 0) is 119 Å². The minimum atomic E-state index is -0.269. The van der Waals surface area contributed by atoms with Crippen LogP contribution in [-0.4, -0.2) is 4.57 Å². The van der Waals surface area contributed by atoms with E-state index in [-0.39, 0.29) is 11.2 Å². The minimum absolute atomic E-state index is 0.243. The van der Waals surface area contributed by atoms with Gasteiger partial charge in [0.05, 0.1) is 11.0 Å². The van der Waals surface area contributed by atoms with Crippen molar-refractivity contribution in [3.05, 3.63) is 217 Å². The predicted octanol–water partition coefficient (Wildman–Crippen LogP) is 13.4. The molecular weight excluding hydrogens is 648 g/mol. The highest BCUT2D eigenvalue weighted by Gasteiger charge is 2.40. The smallest absolute Gasteiger partial charge is 0.123 e. The fourth-order valence-corrected chi connectivity index (χ4v) is 8.56. The molecule has 8 aromatic carbocycles. The molecule has 0 spiro atoms. The number of para-hydroxylation sites is 1. The van der Waals surface area contributed by atoms with E-state index in [0.717, 1.165) is 44.6 Å². The lowest BCUT2D eigenvalue weighted by Gasteiger charge is -2.30. The SMILES string of the molecule is CC1(c2ccc(N(c3ccc(-c4ccccc4)cc3)c3ccc4c(c3)c3ccccc3n4-c3ccc(F)cc3)cc2)c2ccccc2-c2ccccc21. The molecule has 53 heavy (non-hydrogen) atoms. The Morgan fingerprint density at radius 3 is 1.66 bits per heavy atom. The third-order valence-electron chi connectivity index (χ3n) is 11.2. The van der Waals surface area contributed by atoms with Gasteiger partial charge in [0, 0.05) is 38.9 Å². The van der Waals surface area contributed by atoms with Gasteiger partial charge in [-0.2, -0.15) is 0 Å². The van der Waals surface area contributed by atoms with E-state index in [1.54, 1.807) is 0 Å². The number of fused-ring (bicyclic) bond motifs is 6. The van der Waals surface area contributed by atoms with Gasteiger partial charge in [0.25, 0.3) is 0 Å². The Kier molecular flexibility index (Phi) is 7.16. The lowest BCUT2D eigenvalue weighted by atomic mass is 9.74. The molecule has 0 atom stereocenters. The molecule has 0 amide bonds. The summed E-state index contributed by atoms with van der Waals surface area (Å²) in [6, 6.07) is 68.0. The van der Waals surface area contributed by atoms with Crippen molar-refractivity contribution in [3.8, 4) is 27.9 Å². The molecule has 0 unspecified atom stereocenters. The summed E-state index contributed by atoms with van der Waals surface area (Å²) in [5.74, 6) is -0.243. The number of rotatable bonds is 6. The zero-order chi connectivity index (χ0) is 35.5. The van der Waals surface area contributed by atoms with Crippen LogP contribution in [0, 0.1) is 5.82 Å². The van der Waals surface area contributed by atoms with Gasteiger partial charge in [-0.1, -0.05) is 121 Å². The first-order valence-corrected chi connectivity index (χ1v) is 18.1. The van der Waals surface area contributed by atoms with Crippen LogP contribution in [0.2, 0.25) is 0 Å². The van der Waals surface area contributed by atoms with Crippen molar-refractivity contribution in [2.24, 2.45) is 0 Å². The maximum atomic E-state index is 14.0. The van der Waals surface area contributed by atoms with E-state index in [0.29, 0.717) is 0 Å². The van der Waals surface area contributed by atoms with Crippen LogP contribution < -0.4 is 4.90 Å². The number of hydrogen-bond donors (Lipinski definition) is 0. The van der Waals surface area contributed by atoms with Crippen LogP contribution >= 0.6 is 0 Å². The van der Waals surface area contributed by atoms with Crippen LogP contribution in [0.5, 0.6) is 0 Å². The molecule has 1 aliphatic carbocycles. The molecule has 0 N–H and O–H groups in total. The summed E-state index contributed by atoms with van der Waals surface area (Å²) in [6.45, 7) is 2.36. The Morgan fingerprint density at radius 2 is 0.981 bits per heavy atom. The summed E-state index contributed by atoms with van der Waals surface area (Å²) in [6.07, 6.45) is 0. The van der Waals surface area contributed by atoms with E-state index in [2.05, 4.69) is 186 Å². The summed E-state index contributed by atoms with van der Waals surface area (Å²) in [5, 5.41) is 2.28. The second kappa shape index (κ2) is 12.2. The lowest BCUT2D eigenvalue weighted by Crippen LogP contribution is -2.22. The van der Waals surface area contributed by atoms with Crippen molar-refractivity contribution in [1.29, 1.82) is 0 Å². The Morgan fingerprint density at radius 1 is 0.453 bits per heavy atom. The van der Waals surface area contributed by atoms with E-state index < -0.39 is 0 Å². The van der Waals surface area contributed by atoms with Crippen LogP contribution in [0.1, 0.15) is 23.6 Å². The minimum Gasteiger partial charge on any atom is -0.310 e. The van der Waals surface area contributed by atoms with Crippen molar-refractivity contribution in [1.82, 2.24) is 4.57 Å². The molecule has 1 aromatic heterocycles. The van der Waals surface area contributed by atoms with Crippen LogP contribution in [-0.2, 0) is 5.41 Å². The van der Waals surface area contributed by atoms with E-state index in [1.807, 2.05) is 12.1 Å². The van der Waals surface area contributed by atoms with Crippen LogP contribution in [0.15, 0.2) is 194 Å². The molecule has 252 valence electrons. The molecule has 10 rings (SSSR count). The maximum Gasteiger partial charge on any atom is 0.123 e. The second-order valence-electron chi connectivity index (χ2n) is 14.0. The number of aromatic nitrogens is 1. The van der Waals surface area contributed by atoms with Crippen LogP contribution in [0.4, 0.5) is 21.5 Å². The molecule has 0 radical (unpaired) electrons. The number of anilines is 3. The highest BCUT2D eigenvalue weighted by atomic mass is 19.1. The van der Waals surface area contributed by atoms with E-state index in [9.17, 15) is 4.39 Å². The fraction of sp³-hybridized carbons (Fsp3) is 0.0400. The summed E-state index contributed by atoms with van der Waals surface area (Å²) < 4.78 is 16.2. The first kappa shape index (κ1) is 31.1. The quantitative estimate of drug-likeness (QED) is 0.169. The third kappa shape index (κ3) is 4.92. The number of halogens is 1. The zero-order valence-corrected chi connectivity index (χ0v) is 29.2. The first-order chi connectivity index (χ1) is 26.1. The normalized spacial score (nSPS) is 12.9. The molecule has 0 saturated carbocycles. The fourth-order valence-electron chi connectivity index (χ4n) is 8.56. The zero-order valence-electron chi connectivity index (χ0n) is 29.2. The van der Waals surface area contributed by atoms with Gasteiger partial charge in [0.15, 0.2) is 0 Å². The Labute approximate surface area is 308 Å². The molecule has 1 heterocycles. The molecule has 0 saturated heterocycles. The van der Waals surface area contributed by atoms with Gasteiger partial charge in [0.2, 0.25) is 0 Å². The van der Waals surface area contributed by atoms with Gasteiger partial charge in [-0.25, -0.2) is 4.39 Å². The van der Waals surface area contributed by atoms with Crippen molar-refractivity contribution in [3.63, 3.8) is 0 Å². The molecule has 1 aliphatic rings. The highest BCUT2D eigenvalue weighted by Crippen LogP contribution is 2.52. The summed E-state index contributed by atoms with van der Waals surface area (Å²) in [4.78, 5) is 2.35. The van der Waals surface area contributed by atoms with E-state index in [1.165, 1.54) is 51.1 Å². The largest absolute Gasteiger partial charge is 0.310 e. The van der Waals surface area contributed by atoms with Gasteiger partial charge in [-0.15, -0.1) is 0 Å². The maximum absolute atomic E-state index is 14.0. The van der Waals surface area contributed by atoms with Gasteiger partial charge in [0.1, 0.15) is 5.82 Å². The summed E-state index contributed by atoms with van der Waals surface area (Å²) in [7, 11) is 0. The summed E-state index contributed by atoms with van der Waals surface area (Å²) in [5.41, 5.74) is 14.9. The lowest BCUT2D eigenvalue weighted by molar-refractivity contribution is 0.627. The first-order valence-electron chi connectivity index (χ1n) is 18.1. The topological polar surface area (TPSA) is 8.17 Å². The predicted molar refractivity (Wildman–Crippen MR) is 218 cm³/mol. The molecule has 9 aromatic rings. The highest BCUT2D eigenvalue weighted by molar-refractivity contribution is 6.10. The molecule has 2 nitrogen and oxygen atoms in total. The number of nitrogens with zero attached hydrogens (tertiary/aromatic N) is 2. The van der Waals surface area contributed by atoms with Crippen molar-refractivity contribution < 1.29 is 4.39 Å². The van der Waals surface area contributed by atoms with Crippen molar-refractivity contribution >= 4 is 38.9 Å². The number of hydrogen-bond acceptors (Lipinski definition) is 1. The molecular formula is C50H35FN2. The standard InChI is InChI=1S/C50H35FN2/c1-50(46-16-8-5-13-42(46)43-14-6-9-17-47(43)50)36-21-27-39(28-22-36)52(38-25-19-35(20-26-38)34-11-3-2-4-12-34)41-31-32-49-45(33-41)44-15-7-10-18-48(44)53(49)40-29-23-37(51)24-30-40/h2-33H,1H3. The molecule has 0 fully saturated rings. The number of benzene rings is 8. The molecule has 3 heteroatoms. The second-order valence-corrected chi connectivity index (χ2v) is 14.0. The van der Waals surface area contributed by atoms with Crippen LogP contribution in [0.25, 0.3) is 49.7 Å². The monoisotopic (exact) mass is 682 g/mol. The van der Waals surface area contributed by atoms with Crippen LogP contribution in [0.3, 0.4) is 0 Å². The van der Waals surface area contributed by atoms with E-state index >= 15 is 0 Å². The summed E-state index contributed by atoms with van der Waals surface area (Å²) >= 11 is 0. The van der Waals surface area contributed by atoms with Gasteiger partial charge >= 0.3 is 0 Å². The van der Waals surface area contributed by atoms with Crippen molar-refractivity contribution in [2.75, 3.05) is 4.90 Å². The molecule has 0 bridgehead atoms. The Balaban J connectivity index is 1.13. The third-order valence-corrected chi connectivity index (χ3v) is 11.2. The average Bonchev–Trinajstić information content (AvgIpc) is 3.69.